The molecule has 6 N–H and O–H groups in total. The molecule has 1 aliphatic heterocycles. The molecule has 0 aromatic carbocycles. The van der Waals surface area contributed by atoms with E-state index in [2.05, 4.69) is 16.0 Å². The Bertz CT molecular complexity index is 422. The number of hydrogen-bond donors (Lipinski definition) is 6. The van der Waals surface area contributed by atoms with Gasteiger partial charge in [0.05, 0.1) is 19.8 Å². The molecular weight excluding hydrogens is 302 g/mol. The first kappa shape index (κ1) is 19.8. The Morgan fingerprint density at radius 3 is 1.83 bits per heavy atom. The SMILES string of the molecule is CC1(C)CC(NC(=O)C(=O)NC(CO)(CO)CO)CC(C)(C)N1. The van der Waals surface area contributed by atoms with E-state index >= 15 is 0 Å². The second-order valence-electron chi connectivity index (χ2n) is 7.68. The van der Waals surface area contributed by atoms with Crippen LogP contribution in [0.15, 0.2) is 0 Å². The van der Waals surface area contributed by atoms with Gasteiger partial charge in [-0.1, -0.05) is 0 Å². The summed E-state index contributed by atoms with van der Waals surface area (Å²) in [7, 11) is 0. The molecule has 8 heteroatoms. The second-order valence-corrected chi connectivity index (χ2v) is 7.68. The Balaban J connectivity index is 2.70. The monoisotopic (exact) mass is 331 g/mol. The third-order valence-electron chi connectivity index (χ3n) is 4.02. The smallest absolute Gasteiger partial charge is 0.309 e. The summed E-state index contributed by atoms with van der Waals surface area (Å²) in [4.78, 5) is 24.0. The highest BCUT2D eigenvalue weighted by Gasteiger charge is 2.39. The quantitative estimate of drug-likeness (QED) is 0.331. The summed E-state index contributed by atoms with van der Waals surface area (Å²) in [6, 6.07) is -0.175. The Labute approximate surface area is 136 Å². The number of aliphatic hydroxyl groups excluding tert-OH is 3. The minimum Gasteiger partial charge on any atom is -0.394 e. The lowest BCUT2D eigenvalue weighted by Crippen LogP contribution is -2.64. The first-order chi connectivity index (χ1) is 10.5. The minimum absolute atomic E-state index is 0.175. The first-order valence-electron chi connectivity index (χ1n) is 7.73. The zero-order chi connectivity index (χ0) is 17.9. The van der Waals surface area contributed by atoms with Crippen LogP contribution < -0.4 is 16.0 Å². The Morgan fingerprint density at radius 2 is 1.43 bits per heavy atom. The van der Waals surface area contributed by atoms with Gasteiger partial charge in [0.25, 0.3) is 0 Å². The van der Waals surface area contributed by atoms with Crippen LogP contribution in [0.5, 0.6) is 0 Å². The fraction of sp³-hybridized carbons (Fsp3) is 0.867. The van der Waals surface area contributed by atoms with E-state index in [-0.39, 0.29) is 17.1 Å². The van der Waals surface area contributed by atoms with Gasteiger partial charge < -0.3 is 31.3 Å². The van der Waals surface area contributed by atoms with Crippen molar-refractivity contribution in [2.45, 2.75) is 63.2 Å². The molecule has 1 rings (SSSR count). The zero-order valence-corrected chi connectivity index (χ0v) is 14.3. The van der Waals surface area contributed by atoms with E-state index in [0.29, 0.717) is 12.8 Å². The maximum atomic E-state index is 12.1. The van der Waals surface area contributed by atoms with E-state index in [1.807, 2.05) is 27.7 Å². The normalized spacial score (nSPS) is 20.8. The molecule has 8 nitrogen and oxygen atoms in total. The molecular formula is C15H29N3O5. The lowest BCUT2D eigenvalue weighted by molar-refractivity contribution is -0.142. The molecule has 0 radical (unpaired) electrons. The van der Waals surface area contributed by atoms with Crippen molar-refractivity contribution in [2.75, 3.05) is 19.8 Å². The molecule has 0 aromatic rings. The molecule has 134 valence electrons. The van der Waals surface area contributed by atoms with Crippen LogP contribution in [0.3, 0.4) is 0 Å². The van der Waals surface area contributed by atoms with E-state index in [0.717, 1.165) is 0 Å². The van der Waals surface area contributed by atoms with E-state index in [4.69, 9.17) is 0 Å². The Kier molecular flexibility index (Phi) is 6.14. The summed E-state index contributed by atoms with van der Waals surface area (Å²) < 4.78 is 0. The van der Waals surface area contributed by atoms with Crippen molar-refractivity contribution in [3.63, 3.8) is 0 Å². The highest BCUT2D eigenvalue weighted by atomic mass is 16.3. The second kappa shape index (κ2) is 7.12. The van der Waals surface area contributed by atoms with Gasteiger partial charge in [0, 0.05) is 17.1 Å². The minimum atomic E-state index is -1.61. The van der Waals surface area contributed by atoms with Gasteiger partial charge >= 0.3 is 11.8 Å². The van der Waals surface area contributed by atoms with E-state index in [9.17, 15) is 24.9 Å². The highest BCUT2D eigenvalue weighted by molar-refractivity contribution is 6.35. The maximum Gasteiger partial charge on any atom is 0.309 e. The Morgan fingerprint density at radius 1 is 1.00 bits per heavy atom. The fourth-order valence-electron chi connectivity index (χ4n) is 3.24. The molecule has 23 heavy (non-hydrogen) atoms. The number of carbonyl (C=O) groups is 2. The number of nitrogens with one attached hydrogen (secondary N) is 3. The molecule has 0 saturated carbocycles. The molecule has 0 spiro atoms. The van der Waals surface area contributed by atoms with Gasteiger partial charge in [-0.3, -0.25) is 9.59 Å². The van der Waals surface area contributed by atoms with Crippen molar-refractivity contribution >= 4 is 11.8 Å². The van der Waals surface area contributed by atoms with Crippen LogP contribution in [0.25, 0.3) is 0 Å². The van der Waals surface area contributed by atoms with Crippen LogP contribution in [-0.2, 0) is 9.59 Å². The number of aliphatic hydroxyl groups is 3. The van der Waals surface area contributed by atoms with Gasteiger partial charge in [-0.25, -0.2) is 0 Å². The molecule has 1 saturated heterocycles. The summed E-state index contributed by atoms with van der Waals surface area (Å²) in [6.07, 6.45) is 1.33. The van der Waals surface area contributed by atoms with Crippen molar-refractivity contribution in [3.8, 4) is 0 Å². The number of piperidine rings is 1. The third kappa shape index (κ3) is 5.42. The maximum absolute atomic E-state index is 12.1. The number of carbonyl (C=O) groups excluding carboxylic acids is 2. The topological polar surface area (TPSA) is 131 Å². The van der Waals surface area contributed by atoms with Gasteiger partial charge in [-0.15, -0.1) is 0 Å². The molecule has 1 fully saturated rings. The summed E-state index contributed by atoms with van der Waals surface area (Å²) in [5.74, 6) is -1.83. The summed E-state index contributed by atoms with van der Waals surface area (Å²) in [5, 5.41) is 35.9. The van der Waals surface area contributed by atoms with E-state index in [1.165, 1.54) is 0 Å². The molecule has 2 amide bonds. The van der Waals surface area contributed by atoms with Crippen LogP contribution in [0.4, 0.5) is 0 Å². The van der Waals surface area contributed by atoms with Crippen LogP contribution in [0, 0.1) is 0 Å². The van der Waals surface area contributed by atoms with Crippen molar-refractivity contribution in [2.24, 2.45) is 0 Å². The van der Waals surface area contributed by atoms with Gasteiger partial charge in [0.2, 0.25) is 0 Å². The predicted molar refractivity (Wildman–Crippen MR) is 84.6 cm³/mol. The predicted octanol–water partition coefficient (Wildman–Crippen LogP) is -1.76. The van der Waals surface area contributed by atoms with E-state index < -0.39 is 37.2 Å². The molecule has 1 heterocycles. The fourth-order valence-corrected chi connectivity index (χ4v) is 3.24. The van der Waals surface area contributed by atoms with E-state index in [1.54, 1.807) is 0 Å². The standard InChI is InChI=1S/C15H29N3O5/c1-13(2)5-10(6-14(3,4)18-13)16-11(22)12(23)17-15(7-19,8-20)9-21/h10,18-21H,5-9H2,1-4H3,(H,16,22)(H,17,23). The molecule has 0 aliphatic carbocycles. The first-order valence-corrected chi connectivity index (χ1v) is 7.73. The van der Waals surface area contributed by atoms with Crippen LogP contribution in [-0.4, -0.2) is 69.6 Å². The van der Waals surface area contributed by atoms with Crippen molar-refractivity contribution < 1.29 is 24.9 Å². The van der Waals surface area contributed by atoms with Crippen molar-refractivity contribution in [3.05, 3.63) is 0 Å². The average Bonchev–Trinajstić information content (AvgIpc) is 2.41. The van der Waals surface area contributed by atoms with Gasteiger partial charge in [-0.2, -0.15) is 0 Å². The van der Waals surface area contributed by atoms with Gasteiger partial charge in [-0.05, 0) is 40.5 Å². The van der Waals surface area contributed by atoms with Crippen molar-refractivity contribution in [1.82, 2.24) is 16.0 Å². The third-order valence-corrected chi connectivity index (χ3v) is 4.02. The zero-order valence-electron chi connectivity index (χ0n) is 14.3. The summed E-state index contributed by atoms with van der Waals surface area (Å²) in [6.45, 7) is 6.09. The summed E-state index contributed by atoms with van der Waals surface area (Å²) in [5.41, 5.74) is -1.97. The molecule has 0 bridgehead atoms. The molecule has 0 unspecified atom stereocenters. The number of hydrogen-bond acceptors (Lipinski definition) is 6. The van der Waals surface area contributed by atoms with Crippen LogP contribution in [0.2, 0.25) is 0 Å². The molecule has 0 aromatic heterocycles. The molecule has 0 atom stereocenters. The largest absolute Gasteiger partial charge is 0.394 e. The van der Waals surface area contributed by atoms with Gasteiger partial charge in [0.1, 0.15) is 5.54 Å². The lowest BCUT2D eigenvalue weighted by Gasteiger charge is -2.46. The number of rotatable bonds is 5. The summed E-state index contributed by atoms with van der Waals surface area (Å²) >= 11 is 0. The highest BCUT2D eigenvalue weighted by Crippen LogP contribution is 2.28. The lowest BCUT2D eigenvalue weighted by atomic mass is 9.79. The van der Waals surface area contributed by atoms with Crippen LogP contribution in [0.1, 0.15) is 40.5 Å². The average molecular weight is 331 g/mol. The Hall–Kier alpha value is -1.22. The van der Waals surface area contributed by atoms with Crippen molar-refractivity contribution in [1.29, 1.82) is 0 Å². The van der Waals surface area contributed by atoms with Crippen LogP contribution >= 0.6 is 0 Å². The number of amides is 2. The van der Waals surface area contributed by atoms with Gasteiger partial charge in [0.15, 0.2) is 0 Å². The molecule has 1 aliphatic rings.